The second-order valence-corrected chi connectivity index (χ2v) is 7.53. The molecular formula is C15H26N2S. The summed E-state index contributed by atoms with van der Waals surface area (Å²) in [6, 6.07) is 0. The van der Waals surface area contributed by atoms with E-state index in [0.717, 1.165) is 19.0 Å². The third-order valence-electron chi connectivity index (χ3n) is 4.97. The van der Waals surface area contributed by atoms with E-state index < -0.39 is 0 Å². The van der Waals surface area contributed by atoms with Crippen molar-refractivity contribution in [3.05, 3.63) is 16.6 Å². The van der Waals surface area contributed by atoms with Crippen molar-refractivity contribution in [2.45, 2.75) is 52.4 Å². The maximum absolute atomic E-state index is 4.57. The van der Waals surface area contributed by atoms with Gasteiger partial charge in [-0.3, -0.25) is 0 Å². The van der Waals surface area contributed by atoms with Gasteiger partial charge in [-0.05, 0) is 37.1 Å². The molecule has 1 fully saturated rings. The van der Waals surface area contributed by atoms with Crippen LogP contribution < -0.4 is 5.32 Å². The van der Waals surface area contributed by atoms with Crippen molar-refractivity contribution in [1.82, 2.24) is 10.3 Å². The maximum Gasteiger partial charge on any atom is 0.0984 e. The molecule has 0 radical (unpaired) electrons. The van der Waals surface area contributed by atoms with Gasteiger partial charge in [-0.1, -0.05) is 27.7 Å². The number of nitrogens with zero attached hydrogens (tertiary/aromatic N) is 1. The molecule has 1 N–H and O–H groups in total. The number of aromatic nitrogens is 1. The SMILES string of the molecule is CC(C)C1(C)CCC(C)(c2nccs2)CCNC1. The van der Waals surface area contributed by atoms with E-state index in [-0.39, 0.29) is 5.41 Å². The molecule has 1 aromatic heterocycles. The quantitative estimate of drug-likeness (QED) is 0.880. The van der Waals surface area contributed by atoms with Gasteiger partial charge in [-0.25, -0.2) is 4.98 Å². The number of hydrogen-bond donors (Lipinski definition) is 1. The fourth-order valence-corrected chi connectivity index (χ4v) is 3.60. The van der Waals surface area contributed by atoms with Crippen molar-refractivity contribution in [1.29, 1.82) is 0 Å². The summed E-state index contributed by atoms with van der Waals surface area (Å²) in [5.41, 5.74) is 0.677. The van der Waals surface area contributed by atoms with Gasteiger partial charge in [0.1, 0.15) is 0 Å². The third-order valence-corrected chi connectivity index (χ3v) is 6.05. The second-order valence-electron chi connectivity index (χ2n) is 6.63. The topological polar surface area (TPSA) is 24.9 Å². The van der Waals surface area contributed by atoms with Crippen LogP contribution in [0.25, 0.3) is 0 Å². The van der Waals surface area contributed by atoms with E-state index >= 15 is 0 Å². The molecule has 2 rings (SSSR count). The highest BCUT2D eigenvalue weighted by Crippen LogP contribution is 2.41. The molecule has 2 atom stereocenters. The first kappa shape index (κ1) is 14.0. The van der Waals surface area contributed by atoms with E-state index in [1.165, 1.54) is 24.3 Å². The molecule has 18 heavy (non-hydrogen) atoms. The van der Waals surface area contributed by atoms with Gasteiger partial charge in [0.25, 0.3) is 0 Å². The smallest absolute Gasteiger partial charge is 0.0984 e. The molecule has 2 nitrogen and oxygen atoms in total. The van der Waals surface area contributed by atoms with E-state index in [1.807, 2.05) is 17.5 Å². The zero-order valence-electron chi connectivity index (χ0n) is 12.1. The van der Waals surface area contributed by atoms with E-state index in [2.05, 4.69) is 43.4 Å². The molecule has 1 aliphatic heterocycles. The molecule has 0 spiro atoms. The Bertz CT molecular complexity index is 374. The van der Waals surface area contributed by atoms with Gasteiger partial charge < -0.3 is 5.32 Å². The molecule has 2 unspecified atom stereocenters. The van der Waals surface area contributed by atoms with Crippen LogP contribution in [0.15, 0.2) is 11.6 Å². The molecule has 1 aromatic rings. The predicted octanol–water partition coefficient (Wildman–Crippen LogP) is 3.84. The summed E-state index contributed by atoms with van der Waals surface area (Å²) in [5, 5.41) is 7.08. The first-order valence-corrected chi connectivity index (χ1v) is 7.95. The lowest BCUT2D eigenvalue weighted by Crippen LogP contribution is -2.42. The van der Waals surface area contributed by atoms with Gasteiger partial charge in [-0.15, -0.1) is 11.3 Å². The summed E-state index contributed by atoms with van der Waals surface area (Å²) >= 11 is 1.81. The van der Waals surface area contributed by atoms with Crippen LogP contribution in [-0.2, 0) is 5.41 Å². The van der Waals surface area contributed by atoms with Gasteiger partial charge in [0.2, 0.25) is 0 Å². The number of rotatable bonds is 2. The molecular weight excluding hydrogens is 240 g/mol. The maximum atomic E-state index is 4.57. The monoisotopic (exact) mass is 266 g/mol. The van der Waals surface area contributed by atoms with Crippen LogP contribution in [0, 0.1) is 11.3 Å². The minimum Gasteiger partial charge on any atom is -0.316 e. The fourth-order valence-electron chi connectivity index (χ4n) is 2.74. The summed E-state index contributed by atoms with van der Waals surface area (Å²) in [5.74, 6) is 0.726. The standard InChI is InChI=1S/C15H26N2S/c1-12(2)15(4)6-5-14(3,7-8-16-11-15)13-17-9-10-18-13/h9-10,12,16H,5-8,11H2,1-4H3. The van der Waals surface area contributed by atoms with Crippen LogP contribution in [0.5, 0.6) is 0 Å². The van der Waals surface area contributed by atoms with Crippen LogP contribution in [0.2, 0.25) is 0 Å². The number of nitrogens with one attached hydrogen (secondary N) is 1. The van der Waals surface area contributed by atoms with Crippen LogP contribution in [0.4, 0.5) is 0 Å². The molecule has 0 saturated carbocycles. The Labute approximate surface area is 115 Å². The Kier molecular flexibility index (Phi) is 4.12. The molecule has 1 saturated heterocycles. The van der Waals surface area contributed by atoms with E-state index in [9.17, 15) is 0 Å². The lowest BCUT2D eigenvalue weighted by molar-refractivity contribution is 0.150. The molecule has 2 heterocycles. The Morgan fingerprint density at radius 3 is 2.67 bits per heavy atom. The normalized spacial score (nSPS) is 34.3. The third kappa shape index (κ3) is 2.77. The lowest BCUT2D eigenvalue weighted by atomic mass is 9.69. The highest BCUT2D eigenvalue weighted by atomic mass is 32.1. The second kappa shape index (κ2) is 5.30. The molecule has 0 amide bonds. The predicted molar refractivity (Wildman–Crippen MR) is 79.1 cm³/mol. The molecule has 1 aliphatic rings. The van der Waals surface area contributed by atoms with Crippen molar-refractivity contribution in [3.63, 3.8) is 0 Å². The molecule has 0 aromatic carbocycles. The van der Waals surface area contributed by atoms with Crippen LogP contribution in [0.3, 0.4) is 0 Å². The first-order chi connectivity index (χ1) is 8.46. The summed E-state index contributed by atoms with van der Waals surface area (Å²) in [6.07, 6.45) is 5.69. The fraction of sp³-hybridized carbons (Fsp3) is 0.800. The summed E-state index contributed by atoms with van der Waals surface area (Å²) < 4.78 is 0. The minimum absolute atomic E-state index is 0.262. The number of hydrogen-bond acceptors (Lipinski definition) is 3. The largest absolute Gasteiger partial charge is 0.316 e. The molecule has 3 heteroatoms. The van der Waals surface area contributed by atoms with Crippen molar-refractivity contribution in [3.8, 4) is 0 Å². The Balaban J connectivity index is 2.16. The highest BCUT2D eigenvalue weighted by Gasteiger charge is 2.36. The zero-order chi connectivity index (χ0) is 13.2. The molecule has 0 aliphatic carbocycles. The Morgan fingerprint density at radius 1 is 1.28 bits per heavy atom. The van der Waals surface area contributed by atoms with Crippen LogP contribution in [0.1, 0.15) is 52.0 Å². The summed E-state index contributed by atoms with van der Waals surface area (Å²) in [6.45, 7) is 11.8. The van der Waals surface area contributed by atoms with Crippen molar-refractivity contribution in [2.75, 3.05) is 13.1 Å². The van der Waals surface area contributed by atoms with E-state index in [1.54, 1.807) is 0 Å². The first-order valence-electron chi connectivity index (χ1n) is 7.07. The average molecular weight is 266 g/mol. The van der Waals surface area contributed by atoms with Crippen molar-refractivity contribution < 1.29 is 0 Å². The van der Waals surface area contributed by atoms with Crippen molar-refractivity contribution >= 4 is 11.3 Å². The zero-order valence-corrected chi connectivity index (χ0v) is 12.9. The van der Waals surface area contributed by atoms with Crippen LogP contribution in [-0.4, -0.2) is 18.1 Å². The minimum atomic E-state index is 0.262. The molecule has 0 bridgehead atoms. The van der Waals surface area contributed by atoms with Gasteiger partial charge in [-0.2, -0.15) is 0 Å². The van der Waals surface area contributed by atoms with Gasteiger partial charge in [0.05, 0.1) is 5.01 Å². The number of thiazole rings is 1. The Hall–Kier alpha value is -0.410. The lowest BCUT2D eigenvalue weighted by Gasteiger charge is -2.40. The molecule has 102 valence electrons. The Morgan fingerprint density at radius 2 is 2.06 bits per heavy atom. The summed E-state index contributed by atoms with van der Waals surface area (Å²) in [7, 11) is 0. The highest BCUT2D eigenvalue weighted by molar-refractivity contribution is 7.09. The van der Waals surface area contributed by atoms with Gasteiger partial charge in [0.15, 0.2) is 0 Å². The summed E-state index contributed by atoms with van der Waals surface area (Å²) in [4.78, 5) is 4.57. The van der Waals surface area contributed by atoms with Crippen LogP contribution >= 0.6 is 11.3 Å². The van der Waals surface area contributed by atoms with E-state index in [0.29, 0.717) is 5.41 Å². The van der Waals surface area contributed by atoms with Crippen molar-refractivity contribution in [2.24, 2.45) is 11.3 Å². The van der Waals surface area contributed by atoms with E-state index in [4.69, 9.17) is 0 Å². The average Bonchev–Trinajstić information content (AvgIpc) is 2.84. The van der Waals surface area contributed by atoms with Gasteiger partial charge >= 0.3 is 0 Å². The van der Waals surface area contributed by atoms with Gasteiger partial charge in [0, 0.05) is 23.5 Å².